The molecule has 0 aliphatic carbocycles. The van der Waals surface area contributed by atoms with Crippen molar-refractivity contribution < 1.29 is 9.59 Å². The van der Waals surface area contributed by atoms with Gasteiger partial charge < -0.3 is 11.1 Å². The van der Waals surface area contributed by atoms with Crippen LogP contribution in [0.2, 0.25) is 0 Å². The first-order valence-electron chi connectivity index (χ1n) is 8.46. The lowest BCUT2D eigenvalue weighted by molar-refractivity contribution is -0.119. The van der Waals surface area contributed by atoms with Crippen LogP contribution < -0.4 is 11.1 Å². The molecule has 0 bridgehead atoms. The molecule has 2 aromatic carbocycles. The average Bonchev–Trinajstić information content (AvgIpc) is 2.63. The van der Waals surface area contributed by atoms with Gasteiger partial charge in [0.05, 0.1) is 11.1 Å². The predicted molar refractivity (Wildman–Crippen MR) is 102 cm³/mol. The second kappa shape index (κ2) is 7.35. The normalized spacial score (nSPS) is 11.9. The molecule has 0 unspecified atom stereocenters. The zero-order valence-electron chi connectivity index (χ0n) is 14.8. The maximum atomic E-state index is 12.6. The highest BCUT2D eigenvalue weighted by atomic mass is 16.2. The molecule has 3 aromatic rings. The van der Waals surface area contributed by atoms with E-state index in [9.17, 15) is 9.59 Å². The largest absolute Gasteiger partial charge is 0.368 e. The van der Waals surface area contributed by atoms with Crippen molar-refractivity contribution in [3.63, 3.8) is 0 Å². The molecule has 2 amide bonds. The number of para-hydroxylation sites is 1. The Kier molecular flexibility index (Phi) is 4.98. The number of primary amides is 1. The number of fused-ring (bicyclic) bond motifs is 1. The SMILES string of the molecule is Cc1cccc(C)c1C[C@@H](NC(=O)c1cnc2ccccc2c1)C(N)=O. The Balaban J connectivity index is 1.83. The van der Waals surface area contributed by atoms with E-state index in [0.29, 0.717) is 12.0 Å². The smallest absolute Gasteiger partial charge is 0.253 e. The van der Waals surface area contributed by atoms with E-state index >= 15 is 0 Å². The maximum Gasteiger partial charge on any atom is 0.253 e. The van der Waals surface area contributed by atoms with Gasteiger partial charge in [-0.15, -0.1) is 0 Å². The topological polar surface area (TPSA) is 85.1 Å². The Morgan fingerprint density at radius 2 is 1.77 bits per heavy atom. The number of aromatic nitrogens is 1. The number of aryl methyl sites for hydroxylation is 2. The van der Waals surface area contributed by atoms with Crippen LogP contribution in [0.15, 0.2) is 54.7 Å². The average molecular weight is 347 g/mol. The molecule has 0 saturated heterocycles. The first-order chi connectivity index (χ1) is 12.5. The summed E-state index contributed by atoms with van der Waals surface area (Å²) in [5.74, 6) is -0.923. The minimum atomic E-state index is -0.784. The highest BCUT2D eigenvalue weighted by Crippen LogP contribution is 2.16. The van der Waals surface area contributed by atoms with Crippen LogP contribution in [-0.4, -0.2) is 22.8 Å². The number of carbonyl (C=O) groups excluding carboxylic acids is 2. The van der Waals surface area contributed by atoms with Crippen LogP contribution in [0, 0.1) is 13.8 Å². The molecule has 0 saturated carbocycles. The third kappa shape index (κ3) is 3.72. The highest BCUT2D eigenvalue weighted by molar-refractivity contribution is 5.99. The lowest BCUT2D eigenvalue weighted by atomic mass is 9.96. The number of rotatable bonds is 5. The monoisotopic (exact) mass is 347 g/mol. The van der Waals surface area contributed by atoms with E-state index in [2.05, 4.69) is 10.3 Å². The summed E-state index contributed by atoms with van der Waals surface area (Å²) in [5.41, 5.74) is 9.90. The Hall–Kier alpha value is -3.21. The molecule has 0 fully saturated rings. The lowest BCUT2D eigenvalue weighted by Gasteiger charge is -2.18. The summed E-state index contributed by atoms with van der Waals surface area (Å²) >= 11 is 0. The predicted octanol–water partition coefficient (Wildman–Crippen LogP) is 2.68. The number of nitrogens with zero attached hydrogens (tertiary/aromatic N) is 1. The molecular weight excluding hydrogens is 326 g/mol. The van der Waals surface area contributed by atoms with Gasteiger partial charge in [0, 0.05) is 18.0 Å². The van der Waals surface area contributed by atoms with Gasteiger partial charge in [0.25, 0.3) is 5.91 Å². The molecule has 3 rings (SSSR count). The Bertz CT molecular complexity index is 962. The van der Waals surface area contributed by atoms with Gasteiger partial charge in [-0.1, -0.05) is 36.4 Å². The van der Waals surface area contributed by atoms with Crippen LogP contribution in [0.4, 0.5) is 0 Å². The molecule has 1 aromatic heterocycles. The van der Waals surface area contributed by atoms with E-state index in [-0.39, 0.29) is 5.91 Å². The van der Waals surface area contributed by atoms with E-state index in [4.69, 9.17) is 5.73 Å². The number of pyridine rings is 1. The Morgan fingerprint density at radius 3 is 2.46 bits per heavy atom. The standard InChI is InChI=1S/C21H21N3O2/c1-13-6-5-7-14(2)17(13)11-19(20(22)25)24-21(26)16-10-15-8-3-4-9-18(15)23-12-16/h3-10,12,19H,11H2,1-2H3,(H2,22,25)(H,24,26)/t19-/m1/s1. The number of nitrogens with two attached hydrogens (primary N) is 1. The van der Waals surface area contributed by atoms with Gasteiger partial charge in [-0.05, 0) is 42.7 Å². The van der Waals surface area contributed by atoms with Crippen LogP contribution >= 0.6 is 0 Å². The van der Waals surface area contributed by atoms with Gasteiger partial charge in [0.2, 0.25) is 5.91 Å². The second-order valence-electron chi connectivity index (χ2n) is 6.42. The molecule has 0 radical (unpaired) electrons. The van der Waals surface area contributed by atoms with Crippen LogP contribution in [0.3, 0.4) is 0 Å². The maximum absolute atomic E-state index is 12.6. The zero-order chi connectivity index (χ0) is 18.7. The molecule has 0 aliphatic heterocycles. The van der Waals surface area contributed by atoms with Crippen molar-refractivity contribution in [2.45, 2.75) is 26.3 Å². The number of carbonyl (C=O) groups is 2. The fourth-order valence-corrected chi connectivity index (χ4v) is 3.03. The zero-order valence-corrected chi connectivity index (χ0v) is 14.8. The molecule has 132 valence electrons. The fraction of sp³-hybridized carbons (Fsp3) is 0.190. The molecule has 1 heterocycles. The molecule has 3 N–H and O–H groups in total. The molecular formula is C21H21N3O2. The number of hydrogen-bond donors (Lipinski definition) is 2. The van der Waals surface area contributed by atoms with Gasteiger partial charge in [0.1, 0.15) is 6.04 Å². The summed E-state index contributed by atoms with van der Waals surface area (Å²) in [4.78, 5) is 28.8. The van der Waals surface area contributed by atoms with Gasteiger partial charge >= 0.3 is 0 Å². The summed E-state index contributed by atoms with van der Waals surface area (Å²) in [6.45, 7) is 3.96. The summed E-state index contributed by atoms with van der Waals surface area (Å²) in [7, 11) is 0. The minimum Gasteiger partial charge on any atom is -0.368 e. The van der Waals surface area contributed by atoms with Crippen molar-refractivity contribution in [1.29, 1.82) is 0 Å². The van der Waals surface area contributed by atoms with Gasteiger partial charge in [-0.2, -0.15) is 0 Å². The van der Waals surface area contributed by atoms with Gasteiger partial charge in [-0.25, -0.2) is 0 Å². The Morgan fingerprint density at radius 1 is 1.08 bits per heavy atom. The van der Waals surface area contributed by atoms with Crippen molar-refractivity contribution in [2.24, 2.45) is 5.73 Å². The van der Waals surface area contributed by atoms with Crippen LogP contribution in [0.5, 0.6) is 0 Å². The highest BCUT2D eigenvalue weighted by Gasteiger charge is 2.21. The van der Waals surface area contributed by atoms with Gasteiger partial charge in [-0.3, -0.25) is 14.6 Å². The molecule has 0 aliphatic rings. The fourth-order valence-electron chi connectivity index (χ4n) is 3.03. The summed E-state index contributed by atoms with van der Waals surface area (Å²) in [6, 6.07) is 14.5. The van der Waals surface area contributed by atoms with Crippen LogP contribution in [0.1, 0.15) is 27.0 Å². The number of hydrogen-bond acceptors (Lipinski definition) is 3. The molecule has 5 nitrogen and oxygen atoms in total. The second-order valence-corrected chi connectivity index (χ2v) is 6.42. The number of amides is 2. The first kappa shape index (κ1) is 17.6. The van der Waals surface area contributed by atoms with Crippen molar-refractivity contribution in [3.8, 4) is 0 Å². The molecule has 1 atom stereocenters. The minimum absolute atomic E-state index is 0.362. The van der Waals surface area contributed by atoms with E-state index in [1.807, 2.05) is 56.3 Å². The number of nitrogens with one attached hydrogen (secondary N) is 1. The van der Waals surface area contributed by atoms with E-state index < -0.39 is 11.9 Å². The molecule has 5 heteroatoms. The quantitative estimate of drug-likeness (QED) is 0.744. The van der Waals surface area contributed by atoms with Gasteiger partial charge in [0.15, 0.2) is 0 Å². The lowest BCUT2D eigenvalue weighted by Crippen LogP contribution is -2.46. The van der Waals surface area contributed by atoms with E-state index in [1.54, 1.807) is 6.07 Å². The number of benzene rings is 2. The van der Waals surface area contributed by atoms with Crippen LogP contribution in [-0.2, 0) is 11.2 Å². The van der Waals surface area contributed by atoms with E-state index in [1.165, 1.54) is 6.20 Å². The summed E-state index contributed by atoms with van der Waals surface area (Å²) < 4.78 is 0. The third-order valence-corrected chi connectivity index (χ3v) is 4.55. The summed E-state index contributed by atoms with van der Waals surface area (Å²) in [5, 5.41) is 3.61. The summed E-state index contributed by atoms with van der Waals surface area (Å²) in [6.07, 6.45) is 1.87. The van der Waals surface area contributed by atoms with Crippen molar-refractivity contribution in [1.82, 2.24) is 10.3 Å². The van der Waals surface area contributed by atoms with Crippen molar-refractivity contribution in [2.75, 3.05) is 0 Å². The molecule has 0 spiro atoms. The molecule has 26 heavy (non-hydrogen) atoms. The van der Waals surface area contributed by atoms with Crippen molar-refractivity contribution in [3.05, 3.63) is 77.0 Å². The van der Waals surface area contributed by atoms with Crippen molar-refractivity contribution >= 4 is 22.7 Å². The Labute approximate surface area is 152 Å². The third-order valence-electron chi connectivity index (χ3n) is 4.55. The van der Waals surface area contributed by atoms with E-state index in [0.717, 1.165) is 27.6 Å². The first-order valence-corrected chi connectivity index (χ1v) is 8.46. The van der Waals surface area contributed by atoms with Crippen LogP contribution in [0.25, 0.3) is 10.9 Å².